The molecule has 2 heterocycles. The summed E-state index contributed by atoms with van der Waals surface area (Å²) >= 11 is 0. The van der Waals surface area contributed by atoms with Crippen LogP contribution in [0.25, 0.3) is 17.0 Å². The van der Waals surface area contributed by atoms with Crippen molar-refractivity contribution in [3.63, 3.8) is 0 Å². The van der Waals surface area contributed by atoms with E-state index < -0.39 is 6.04 Å². The number of hydrogen-bond acceptors (Lipinski definition) is 4. The Morgan fingerprint density at radius 3 is 2.19 bits per heavy atom. The van der Waals surface area contributed by atoms with Crippen molar-refractivity contribution in [1.82, 2.24) is 15.5 Å². The molecule has 0 saturated carbocycles. The van der Waals surface area contributed by atoms with E-state index in [0.717, 1.165) is 51.2 Å². The van der Waals surface area contributed by atoms with Gasteiger partial charge >= 0.3 is 6.03 Å². The van der Waals surface area contributed by atoms with Gasteiger partial charge in [0, 0.05) is 11.3 Å². The van der Waals surface area contributed by atoms with Crippen molar-refractivity contribution in [3.05, 3.63) is 106 Å². The summed E-state index contributed by atoms with van der Waals surface area (Å²) in [6.07, 6.45) is 0.968. The number of allylic oxidation sites excluding steroid dienone is 1. The molecule has 0 saturated heterocycles. The van der Waals surface area contributed by atoms with Crippen molar-refractivity contribution in [2.45, 2.75) is 47.1 Å². The van der Waals surface area contributed by atoms with Crippen LogP contribution in [0.1, 0.15) is 53.6 Å². The standard InChI is InChI=1S/C30H30N4O2/c1-6-22-9-13-24(14-10-22)28-32-29(36-33-28)26-21(5)34(25-16-19(3)15-20(4)17-25)30(35)31-27(26)23-11-7-18(2)8-12-23/h7-17,27H,6H2,1-5H3,(H,31,35). The molecule has 2 amide bonds. The Bertz CT molecular complexity index is 1430. The molecule has 0 spiro atoms. The summed E-state index contributed by atoms with van der Waals surface area (Å²) in [5.74, 6) is 0.910. The molecule has 0 fully saturated rings. The minimum absolute atomic E-state index is 0.193. The van der Waals surface area contributed by atoms with E-state index in [9.17, 15) is 4.79 Å². The molecule has 182 valence electrons. The predicted octanol–water partition coefficient (Wildman–Crippen LogP) is 6.93. The van der Waals surface area contributed by atoms with Crippen LogP contribution in [0, 0.1) is 20.8 Å². The number of nitrogens with zero attached hydrogens (tertiary/aromatic N) is 3. The maximum Gasteiger partial charge on any atom is 0.326 e. The second-order valence-electron chi connectivity index (χ2n) is 9.45. The van der Waals surface area contributed by atoms with Crippen LogP contribution in [0.2, 0.25) is 0 Å². The first-order chi connectivity index (χ1) is 17.3. The molecule has 1 N–H and O–H groups in total. The topological polar surface area (TPSA) is 71.3 Å². The minimum atomic E-state index is -0.420. The number of carbonyl (C=O) groups excluding carboxylic acids is 1. The number of aryl methyl sites for hydroxylation is 4. The average Bonchev–Trinajstić information content (AvgIpc) is 3.33. The molecule has 1 unspecified atom stereocenters. The maximum atomic E-state index is 13.5. The molecule has 0 radical (unpaired) electrons. The minimum Gasteiger partial charge on any atom is -0.334 e. The quantitative estimate of drug-likeness (QED) is 0.338. The molecule has 0 bridgehead atoms. The van der Waals surface area contributed by atoms with Gasteiger partial charge in [-0.15, -0.1) is 0 Å². The summed E-state index contributed by atoms with van der Waals surface area (Å²) in [4.78, 5) is 19.9. The van der Waals surface area contributed by atoms with Gasteiger partial charge in [-0.2, -0.15) is 4.98 Å². The van der Waals surface area contributed by atoms with Crippen LogP contribution < -0.4 is 10.2 Å². The first kappa shape index (κ1) is 23.5. The van der Waals surface area contributed by atoms with Crippen LogP contribution in [0.4, 0.5) is 10.5 Å². The number of urea groups is 1. The van der Waals surface area contributed by atoms with Crippen molar-refractivity contribution in [2.75, 3.05) is 4.90 Å². The number of hydrogen-bond donors (Lipinski definition) is 1. The lowest BCUT2D eigenvalue weighted by Gasteiger charge is -2.35. The van der Waals surface area contributed by atoms with E-state index >= 15 is 0 Å². The zero-order valence-corrected chi connectivity index (χ0v) is 21.3. The van der Waals surface area contributed by atoms with Crippen LogP contribution in [-0.4, -0.2) is 16.2 Å². The van der Waals surface area contributed by atoms with Gasteiger partial charge in [-0.25, -0.2) is 4.79 Å². The molecule has 1 aliphatic rings. The summed E-state index contributed by atoms with van der Waals surface area (Å²) in [6.45, 7) is 10.2. The van der Waals surface area contributed by atoms with Gasteiger partial charge < -0.3 is 9.84 Å². The third-order valence-electron chi connectivity index (χ3n) is 6.64. The highest BCUT2D eigenvalue weighted by Gasteiger charge is 2.36. The van der Waals surface area contributed by atoms with Crippen LogP contribution in [0.3, 0.4) is 0 Å². The van der Waals surface area contributed by atoms with E-state index in [0.29, 0.717) is 11.7 Å². The zero-order chi connectivity index (χ0) is 25.4. The fourth-order valence-electron chi connectivity index (χ4n) is 4.76. The lowest BCUT2D eigenvalue weighted by Crippen LogP contribution is -2.46. The Balaban J connectivity index is 1.64. The van der Waals surface area contributed by atoms with E-state index in [1.807, 2.05) is 76.2 Å². The highest BCUT2D eigenvalue weighted by molar-refractivity contribution is 6.01. The average molecular weight is 479 g/mol. The van der Waals surface area contributed by atoms with Crippen molar-refractivity contribution < 1.29 is 9.32 Å². The Hall–Kier alpha value is -4.19. The van der Waals surface area contributed by atoms with Crippen molar-refractivity contribution in [1.29, 1.82) is 0 Å². The zero-order valence-electron chi connectivity index (χ0n) is 21.3. The SMILES string of the molecule is CCc1ccc(-c2noc(C3=C(C)N(c4cc(C)cc(C)c4)C(=O)NC3c3ccc(C)cc3)n2)cc1. The summed E-state index contributed by atoms with van der Waals surface area (Å²) in [5.41, 5.74) is 8.75. The first-order valence-electron chi connectivity index (χ1n) is 12.2. The van der Waals surface area contributed by atoms with Crippen molar-refractivity contribution in [2.24, 2.45) is 0 Å². The highest BCUT2D eigenvalue weighted by atomic mass is 16.5. The monoisotopic (exact) mass is 478 g/mol. The van der Waals surface area contributed by atoms with Crippen molar-refractivity contribution in [3.8, 4) is 11.4 Å². The summed E-state index contributed by atoms with van der Waals surface area (Å²) in [5, 5.41) is 7.47. The number of aromatic nitrogens is 2. The lowest BCUT2D eigenvalue weighted by atomic mass is 9.93. The Kier molecular flexibility index (Phi) is 6.18. The highest BCUT2D eigenvalue weighted by Crippen LogP contribution is 2.39. The Labute approximate surface area is 211 Å². The molecular formula is C30H30N4O2. The predicted molar refractivity (Wildman–Crippen MR) is 143 cm³/mol. The number of anilines is 1. The fraction of sp³-hybridized carbons (Fsp3) is 0.233. The third kappa shape index (κ3) is 4.42. The fourth-order valence-corrected chi connectivity index (χ4v) is 4.76. The van der Waals surface area contributed by atoms with Gasteiger partial charge in [0.2, 0.25) is 5.82 Å². The molecular weight excluding hydrogens is 448 g/mol. The van der Waals surface area contributed by atoms with Crippen molar-refractivity contribution >= 4 is 17.3 Å². The summed E-state index contributed by atoms with van der Waals surface area (Å²) in [6, 6.07) is 21.8. The first-order valence-corrected chi connectivity index (χ1v) is 12.2. The van der Waals surface area contributed by atoms with E-state index in [2.05, 4.69) is 35.6 Å². The Morgan fingerprint density at radius 2 is 1.56 bits per heavy atom. The third-order valence-corrected chi connectivity index (χ3v) is 6.64. The van der Waals surface area contributed by atoms with Crippen LogP contribution in [0.15, 0.2) is 77.0 Å². The molecule has 36 heavy (non-hydrogen) atoms. The molecule has 6 heteroatoms. The molecule has 1 aliphatic heterocycles. The van der Waals surface area contributed by atoms with Gasteiger partial charge in [0.05, 0.1) is 17.3 Å². The molecule has 4 aromatic rings. The number of benzene rings is 3. The van der Waals surface area contributed by atoms with E-state index in [-0.39, 0.29) is 6.03 Å². The van der Waals surface area contributed by atoms with Gasteiger partial charge in [-0.3, -0.25) is 4.90 Å². The molecule has 6 nitrogen and oxygen atoms in total. The van der Waals surface area contributed by atoms with Gasteiger partial charge in [-0.05, 0) is 68.5 Å². The molecule has 0 aliphatic carbocycles. The molecule has 3 aromatic carbocycles. The second kappa shape index (κ2) is 9.46. The smallest absolute Gasteiger partial charge is 0.326 e. The largest absolute Gasteiger partial charge is 0.334 e. The van der Waals surface area contributed by atoms with E-state index in [1.54, 1.807) is 4.90 Å². The number of carbonyl (C=O) groups is 1. The molecule has 1 atom stereocenters. The van der Waals surface area contributed by atoms with Gasteiger partial charge in [0.15, 0.2) is 0 Å². The number of rotatable bonds is 5. The van der Waals surface area contributed by atoms with E-state index in [1.165, 1.54) is 5.56 Å². The van der Waals surface area contributed by atoms with Crippen LogP contribution in [0.5, 0.6) is 0 Å². The maximum absolute atomic E-state index is 13.5. The van der Waals surface area contributed by atoms with E-state index in [4.69, 9.17) is 9.51 Å². The van der Waals surface area contributed by atoms with Gasteiger partial charge in [0.1, 0.15) is 0 Å². The second-order valence-corrected chi connectivity index (χ2v) is 9.45. The normalized spacial score (nSPS) is 15.9. The lowest BCUT2D eigenvalue weighted by molar-refractivity contribution is 0.244. The Morgan fingerprint density at radius 1 is 0.889 bits per heavy atom. The van der Waals surface area contributed by atoms with Crippen LogP contribution >= 0.6 is 0 Å². The van der Waals surface area contributed by atoms with Crippen LogP contribution in [-0.2, 0) is 6.42 Å². The number of amides is 2. The van der Waals surface area contributed by atoms with Gasteiger partial charge in [-0.1, -0.05) is 72.2 Å². The number of nitrogens with one attached hydrogen (secondary N) is 1. The van der Waals surface area contributed by atoms with Gasteiger partial charge in [0.25, 0.3) is 5.89 Å². The molecule has 5 rings (SSSR count). The molecule has 1 aromatic heterocycles. The summed E-state index contributed by atoms with van der Waals surface area (Å²) < 4.78 is 5.83. The summed E-state index contributed by atoms with van der Waals surface area (Å²) in [7, 11) is 0.